The van der Waals surface area contributed by atoms with Crippen LogP contribution in [0.15, 0.2) is 0 Å². The molecule has 8 nitrogen and oxygen atoms in total. The van der Waals surface area contributed by atoms with Crippen molar-refractivity contribution in [2.75, 3.05) is 6.54 Å². The molecule has 0 rings (SSSR count). The van der Waals surface area contributed by atoms with Crippen LogP contribution < -0.4 is 22.3 Å². The van der Waals surface area contributed by atoms with Crippen molar-refractivity contribution in [3.63, 3.8) is 0 Å². The summed E-state index contributed by atoms with van der Waals surface area (Å²) in [5, 5.41) is 0. The Hall–Kier alpha value is -1.83. The average molecular weight is 260 g/mol. The zero-order valence-electron chi connectivity index (χ0n) is 10.6. The maximum absolute atomic E-state index is 11.6. The molecule has 0 heterocycles. The van der Waals surface area contributed by atoms with Crippen LogP contribution in [0.1, 0.15) is 26.7 Å². The number of ether oxygens (including phenoxy) is 1. The summed E-state index contributed by atoms with van der Waals surface area (Å²) in [6.45, 7) is 3.96. The van der Waals surface area contributed by atoms with Crippen molar-refractivity contribution in [2.45, 2.75) is 32.8 Å². The lowest BCUT2D eigenvalue weighted by Crippen LogP contribution is -2.46. The third-order valence-electron chi connectivity index (χ3n) is 1.94. The van der Waals surface area contributed by atoms with Gasteiger partial charge in [0.05, 0.1) is 0 Å². The Morgan fingerprint density at radius 2 is 1.83 bits per heavy atom. The molecule has 0 spiro atoms. The molecule has 8 heteroatoms. The minimum absolute atomic E-state index is 0.0891. The molecule has 3 amide bonds. The van der Waals surface area contributed by atoms with Crippen LogP contribution in [0.5, 0.6) is 0 Å². The Labute approximate surface area is 105 Å². The number of amides is 3. The van der Waals surface area contributed by atoms with Crippen molar-refractivity contribution in [3.8, 4) is 0 Å². The van der Waals surface area contributed by atoms with Gasteiger partial charge in [0.2, 0.25) is 5.91 Å². The Morgan fingerprint density at radius 3 is 2.28 bits per heavy atom. The molecule has 0 radical (unpaired) electrons. The minimum Gasteiger partial charge on any atom is -0.436 e. The molecule has 0 saturated heterocycles. The summed E-state index contributed by atoms with van der Waals surface area (Å²) >= 11 is 0. The van der Waals surface area contributed by atoms with Gasteiger partial charge in [0.15, 0.2) is 6.10 Å². The van der Waals surface area contributed by atoms with Gasteiger partial charge in [0.25, 0.3) is 5.91 Å². The van der Waals surface area contributed by atoms with Crippen LogP contribution in [0.25, 0.3) is 0 Å². The standard InChI is InChI=1S/C10H20N4O4/c1-6(2)5-7(18-10(12)17)9(16)14-13-4-3-8(11)15/h6-7,13H,3-5H2,1-2H3,(H2,11,15)(H2,12,17)(H,14,16)/t7-/m0/s1. The van der Waals surface area contributed by atoms with Crippen molar-refractivity contribution in [3.05, 3.63) is 0 Å². The highest BCUT2D eigenvalue weighted by molar-refractivity contribution is 5.82. The summed E-state index contributed by atoms with van der Waals surface area (Å²) in [6.07, 6.45) is -1.52. The van der Waals surface area contributed by atoms with Gasteiger partial charge < -0.3 is 16.2 Å². The highest BCUT2D eigenvalue weighted by atomic mass is 16.6. The summed E-state index contributed by atoms with van der Waals surface area (Å²) in [6, 6.07) is 0. The maximum Gasteiger partial charge on any atom is 0.405 e. The first-order chi connectivity index (χ1) is 8.32. The second-order valence-electron chi connectivity index (χ2n) is 4.19. The molecule has 1 atom stereocenters. The lowest BCUT2D eigenvalue weighted by molar-refractivity contribution is -0.131. The summed E-state index contributed by atoms with van der Waals surface area (Å²) in [4.78, 5) is 32.7. The molecule has 104 valence electrons. The van der Waals surface area contributed by atoms with Gasteiger partial charge in [-0.2, -0.15) is 0 Å². The lowest BCUT2D eigenvalue weighted by Gasteiger charge is -2.18. The molecule has 0 unspecified atom stereocenters. The zero-order chi connectivity index (χ0) is 14.1. The van der Waals surface area contributed by atoms with Crippen LogP contribution in [-0.4, -0.2) is 30.6 Å². The Bertz CT molecular complexity index is 306. The number of hydrazine groups is 1. The Balaban J connectivity index is 4.12. The van der Waals surface area contributed by atoms with E-state index in [1.807, 2.05) is 13.8 Å². The molecule has 6 N–H and O–H groups in total. The van der Waals surface area contributed by atoms with E-state index in [1.54, 1.807) is 0 Å². The van der Waals surface area contributed by atoms with Crippen LogP contribution in [0, 0.1) is 5.92 Å². The quantitative estimate of drug-likeness (QED) is 0.327. The molecule has 18 heavy (non-hydrogen) atoms. The highest BCUT2D eigenvalue weighted by Gasteiger charge is 2.22. The number of nitrogens with one attached hydrogen (secondary N) is 2. The molecule has 0 bridgehead atoms. The van der Waals surface area contributed by atoms with Crippen LogP contribution >= 0.6 is 0 Å². The van der Waals surface area contributed by atoms with Crippen LogP contribution in [0.2, 0.25) is 0 Å². The van der Waals surface area contributed by atoms with Crippen LogP contribution in [-0.2, 0) is 14.3 Å². The van der Waals surface area contributed by atoms with E-state index in [2.05, 4.69) is 10.9 Å². The van der Waals surface area contributed by atoms with E-state index in [4.69, 9.17) is 16.2 Å². The summed E-state index contributed by atoms with van der Waals surface area (Å²) in [5.74, 6) is -0.846. The number of carbonyl (C=O) groups is 3. The number of primary amides is 2. The average Bonchev–Trinajstić information content (AvgIpc) is 2.21. The molecule has 0 aromatic carbocycles. The predicted molar refractivity (Wildman–Crippen MR) is 63.9 cm³/mol. The number of hydrogen-bond acceptors (Lipinski definition) is 5. The van der Waals surface area contributed by atoms with Crippen molar-refractivity contribution in [1.82, 2.24) is 10.9 Å². The van der Waals surface area contributed by atoms with E-state index < -0.39 is 24.0 Å². The number of carbonyl (C=O) groups excluding carboxylic acids is 3. The SMILES string of the molecule is CC(C)C[C@H](OC(N)=O)C(=O)NNCCC(N)=O. The fourth-order valence-electron chi connectivity index (χ4n) is 1.19. The van der Waals surface area contributed by atoms with Gasteiger partial charge in [-0.1, -0.05) is 13.8 Å². The molecule has 0 aromatic rings. The van der Waals surface area contributed by atoms with Crippen molar-refractivity contribution in [2.24, 2.45) is 17.4 Å². The normalized spacial score (nSPS) is 11.9. The third-order valence-corrected chi connectivity index (χ3v) is 1.94. The van der Waals surface area contributed by atoms with Gasteiger partial charge in [-0.05, 0) is 12.3 Å². The molecule has 0 aliphatic heterocycles. The zero-order valence-corrected chi connectivity index (χ0v) is 10.6. The van der Waals surface area contributed by atoms with Crippen molar-refractivity contribution in [1.29, 1.82) is 0 Å². The van der Waals surface area contributed by atoms with Crippen LogP contribution in [0.4, 0.5) is 4.79 Å². The number of hydrogen-bond donors (Lipinski definition) is 4. The summed E-state index contributed by atoms with van der Waals surface area (Å²) < 4.78 is 4.70. The summed E-state index contributed by atoms with van der Waals surface area (Å²) in [5.41, 5.74) is 14.6. The van der Waals surface area contributed by atoms with E-state index in [9.17, 15) is 14.4 Å². The van der Waals surface area contributed by atoms with Crippen molar-refractivity contribution >= 4 is 17.9 Å². The van der Waals surface area contributed by atoms with E-state index in [0.29, 0.717) is 6.42 Å². The minimum atomic E-state index is -1.01. The van der Waals surface area contributed by atoms with Gasteiger partial charge in [-0.15, -0.1) is 0 Å². The molecule has 0 aliphatic carbocycles. The largest absolute Gasteiger partial charge is 0.436 e. The first-order valence-electron chi connectivity index (χ1n) is 5.60. The molecule has 0 aromatic heterocycles. The second kappa shape index (κ2) is 8.29. The van der Waals surface area contributed by atoms with Crippen LogP contribution in [0.3, 0.4) is 0 Å². The van der Waals surface area contributed by atoms with Gasteiger partial charge in [-0.25, -0.2) is 10.2 Å². The fraction of sp³-hybridized carbons (Fsp3) is 0.700. The number of rotatable bonds is 8. The fourth-order valence-corrected chi connectivity index (χ4v) is 1.19. The molecule has 0 aliphatic rings. The number of nitrogens with two attached hydrogens (primary N) is 2. The molecule has 0 fully saturated rings. The van der Waals surface area contributed by atoms with E-state index in [-0.39, 0.29) is 18.9 Å². The third kappa shape index (κ3) is 8.34. The Kier molecular flexibility index (Phi) is 7.45. The monoisotopic (exact) mass is 260 g/mol. The topological polar surface area (TPSA) is 137 Å². The molecular formula is C10H20N4O4. The first kappa shape index (κ1) is 16.2. The Morgan fingerprint density at radius 1 is 1.22 bits per heavy atom. The first-order valence-corrected chi connectivity index (χ1v) is 5.60. The van der Waals surface area contributed by atoms with Gasteiger partial charge >= 0.3 is 6.09 Å². The lowest BCUT2D eigenvalue weighted by atomic mass is 10.1. The van der Waals surface area contributed by atoms with Gasteiger partial charge in [0.1, 0.15) is 0 Å². The predicted octanol–water partition coefficient (Wildman–Crippen LogP) is -1.01. The second-order valence-corrected chi connectivity index (χ2v) is 4.19. The van der Waals surface area contributed by atoms with Gasteiger partial charge in [0, 0.05) is 13.0 Å². The molecular weight excluding hydrogens is 240 g/mol. The van der Waals surface area contributed by atoms with E-state index in [0.717, 1.165) is 0 Å². The highest BCUT2D eigenvalue weighted by Crippen LogP contribution is 2.08. The van der Waals surface area contributed by atoms with E-state index in [1.165, 1.54) is 0 Å². The smallest absolute Gasteiger partial charge is 0.405 e. The van der Waals surface area contributed by atoms with E-state index >= 15 is 0 Å². The van der Waals surface area contributed by atoms with Crippen molar-refractivity contribution < 1.29 is 19.1 Å². The maximum atomic E-state index is 11.6. The molecule has 0 saturated carbocycles. The summed E-state index contributed by atoms with van der Waals surface area (Å²) in [7, 11) is 0. The van der Waals surface area contributed by atoms with Gasteiger partial charge in [-0.3, -0.25) is 15.0 Å².